The van der Waals surface area contributed by atoms with E-state index in [2.05, 4.69) is 15.4 Å². The summed E-state index contributed by atoms with van der Waals surface area (Å²) in [5.41, 5.74) is 1.27. The summed E-state index contributed by atoms with van der Waals surface area (Å²) in [6.45, 7) is 1.36. The van der Waals surface area contributed by atoms with Gasteiger partial charge in [-0.2, -0.15) is 15.4 Å². The summed E-state index contributed by atoms with van der Waals surface area (Å²) in [5, 5.41) is 19.1. The Morgan fingerprint density at radius 1 is 1.42 bits per heavy atom. The van der Waals surface area contributed by atoms with Crippen molar-refractivity contribution in [1.29, 1.82) is 0 Å². The number of nitrogens with one attached hydrogen (secondary N) is 1. The molecular formula is C12H13N3O4. The molecule has 0 aliphatic rings. The van der Waals surface area contributed by atoms with Gasteiger partial charge in [0.25, 0.3) is 0 Å². The number of ether oxygens (including phenoxy) is 2. The van der Waals surface area contributed by atoms with E-state index >= 15 is 0 Å². The summed E-state index contributed by atoms with van der Waals surface area (Å²) in [7, 11) is 0. The number of aromatic amines is 1. The number of carbonyl (C=O) groups is 1. The van der Waals surface area contributed by atoms with Gasteiger partial charge in [0, 0.05) is 6.92 Å². The Morgan fingerprint density at radius 2 is 2.26 bits per heavy atom. The molecule has 0 radical (unpaired) electrons. The molecule has 7 nitrogen and oxygen atoms in total. The lowest BCUT2D eigenvalue weighted by Crippen LogP contribution is -2.05. The average Bonchev–Trinajstić information content (AvgIpc) is 2.90. The highest BCUT2D eigenvalue weighted by Crippen LogP contribution is 2.29. The van der Waals surface area contributed by atoms with Crippen LogP contribution in [0.2, 0.25) is 0 Å². The maximum Gasteiger partial charge on any atom is 0.308 e. The van der Waals surface area contributed by atoms with E-state index in [0.717, 1.165) is 0 Å². The smallest absolute Gasteiger partial charge is 0.308 e. The lowest BCUT2D eigenvalue weighted by molar-refractivity contribution is -0.132. The third-order valence-corrected chi connectivity index (χ3v) is 2.28. The number of aliphatic hydroxyl groups is 1. The van der Waals surface area contributed by atoms with Crippen LogP contribution in [-0.2, 0) is 18.0 Å². The number of carbonyl (C=O) groups excluding carboxylic acids is 1. The van der Waals surface area contributed by atoms with E-state index in [0.29, 0.717) is 22.8 Å². The molecule has 100 valence electrons. The minimum atomic E-state index is -0.442. The zero-order chi connectivity index (χ0) is 13.7. The van der Waals surface area contributed by atoms with Gasteiger partial charge in [0.05, 0.1) is 12.8 Å². The van der Waals surface area contributed by atoms with E-state index in [1.807, 2.05) is 0 Å². The molecule has 0 spiro atoms. The Bertz CT molecular complexity index is 554. The third-order valence-electron chi connectivity index (χ3n) is 2.28. The molecule has 19 heavy (non-hydrogen) atoms. The molecule has 0 aliphatic carbocycles. The van der Waals surface area contributed by atoms with Crippen molar-refractivity contribution in [2.75, 3.05) is 0 Å². The molecule has 0 aliphatic heterocycles. The molecular weight excluding hydrogens is 250 g/mol. The van der Waals surface area contributed by atoms with Gasteiger partial charge in [-0.15, -0.1) is 0 Å². The largest absolute Gasteiger partial charge is 0.483 e. The molecule has 2 N–H and O–H groups in total. The molecule has 0 bridgehead atoms. The first-order valence-electron chi connectivity index (χ1n) is 5.58. The number of hydrogen-bond acceptors (Lipinski definition) is 6. The van der Waals surface area contributed by atoms with Crippen LogP contribution in [-0.4, -0.2) is 26.5 Å². The van der Waals surface area contributed by atoms with Gasteiger partial charge in [-0.05, 0) is 17.7 Å². The van der Waals surface area contributed by atoms with Gasteiger partial charge in [0.15, 0.2) is 11.5 Å². The van der Waals surface area contributed by atoms with Crippen LogP contribution in [0.5, 0.6) is 11.5 Å². The fourth-order valence-electron chi connectivity index (χ4n) is 1.45. The van der Waals surface area contributed by atoms with Crippen molar-refractivity contribution in [3.63, 3.8) is 0 Å². The van der Waals surface area contributed by atoms with Gasteiger partial charge in [-0.3, -0.25) is 4.79 Å². The van der Waals surface area contributed by atoms with Crippen LogP contribution in [0.4, 0.5) is 0 Å². The highest BCUT2D eigenvalue weighted by molar-refractivity contribution is 5.70. The lowest BCUT2D eigenvalue weighted by atomic mass is 10.2. The molecule has 0 unspecified atom stereocenters. The van der Waals surface area contributed by atoms with Crippen molar-refractivity contribution in [3.8, 4) is 11.5 Å². The minimum Gasteiger partial charge on any atom is -0.483 e. The van der Waals surface area contributed by atoms with E-state index in [1.54, 1.807) is 18.2 Å². The molecule has 0 saturated heterocycles. The molecule has 1 aromatic heterocycles. The van der Waals surface area contributed by atoms with Crippen LogP contribution >= 0.6 is 0 Å². The monoisotopic (exact) mass is 263 g/mol. The molecule has 0 amide bonds. The van der Waals surface area contributed by atoms with Crippen molar-refractivity contribution in [2.45, 2.75) is 20.1 Å². The zero-order valence-corrected chi connectivity index (χ0v) is 10.3. The van der Waals surface area contributed by atoms with Crippen molar-refractivity contribution in [2.24, 2.45) is 0 Å². The summed E-state index contributed by atoms with van der Waals surface area (Å²) in [6, 6.07) is 4.84. The van der Waals surface area contributed by atoms with E-state index in [1.165, 1.54) is 13.1 Å². The molecule has 1 aromatic carbocycles. The van der Waals surface area contributed by atoms with Crippen molar-refractivity contribution in [1.82, 2.24) is 15.4 Å². The average molecular weight is 263 g/mol. The summed E-state index contributed by atoms with van der Waals surface area (Å²) in [4.78, 5) is 11.0. The quantitative estimate of drug-likeness (QED) is 0.611. The number of aromatic nitrogens is 3. The number of H-pyrrole nitrogens is 1. The van der Waals surface area contributed by atoms with Crippen molar-refractivity contribution >= 4 is 5.97 Å². The molecule has 2 aromatic rings. The fourth-order valence-corrected chi connectivity index (χ4v) is 1.45. The first-order valence-corrected chi connectivity index (χ1v) is 5.58. The summed E-state index contributed by atoms with van der Waals surface area (Å²) < 4.78 is 10.5. The third kappa shape index (κ3) is 3.52. The number of rotatable bonds is 5. The number of nitrogens with zero attached hydrogens (tertiary/aromatic N) is 2. The second kappa shape index (κ2) is 5.96. The second-order valence-electron chi connectivity index (χ2n) is 3.78. The SMILES string of the molecule is CC(=O)Oc1ccc(CO)cc1OCc1cn[nH]n1. The van der Waals surface area contributed by atoms with Crippen LogP contribution in [0.15, 0.2) is 24.4 Å². The number of esters is 1. The normalized spacial score (nSPS) is 10.2. The van der Waals surface area contributed by atoms with Gasteiger partial charge in [0.2, 0.25) is 0 Å². The topological polar surface area (TPSA) is 97.3 Å². The van der Waals surface area contributed by atoms with Crippen LogP contribution in [0, 0.1) is 0 Å². The molecule has 2 rings (SSSR count). The molecule has 1 heterocycles. The van der Waals surface area contributed by atoms with Crippen molar-refractivity contribution in [3.05, 3.63) is 35.7 Å². The Morgan fingerprint density at radius 3 is 2.89 bits per heavy atom. The number of aliphatic hydroxyl groups excluding tert-OH is 1. The molecule has 0 fully saturated rings. The van der Waals surface area contributed by atoms with E-state index in [9.17, 15) is 4.79 Å². The lowest BCUT2D eigenvalue weighted by Gasteiger charge is -2.11. The van der Waals surface area contributed by atoms with E-state index in [-0.39, 0.29) is 13.2 Å². The standard InChI is InChI=1S/C12H13N3O4/c1-8(17)19-11-3-2-9(6-16)4-12(11)18-7-10-5-13-15-14-10/h2-5,16H,6-7H2,1H3,(H,13,14,15). The van der Waals surface area contributed by atoms with Gasteiger partial charge >= 0.3 is 5.97 Å². The predicted molar refractivity (Wildman–Crippen MR) is 64.4 cm³/mol. The highest BCUT2D eigenvalue weighted by atomic mass is 16.6. The Hall–Kier alpha value is -2.41. The first kappa shape index (κ1) is 13.0. The van der Waals surface area contributed by atoms with Crippen LogP contribution < -0.4 is 9.47 Å². The Kier molecular flexibility index (Phi) is 4.09. The number of hydrogen-bond donors (Lipinski definition) is 2. The molecule has 0 saturated carbocycles. The van der Waals surface area contributed by atoms with Gasteiger partial charge in [-0.25, -0.2) is 0 Å². The highest BCUT2D eigenvalue weighted by Gasteiger charge is 2.10. The Labute approximate surface area is 109 Å². The van der Waals surface area contributed by atoms with Gasteiger partial charge in [0.1, 0.15) is 12.3 Å². The summed E-state index contributed by atoms with van der Waals surface area (Å²) >= 11 is 0. The van der Waals surface area contributed by atoms with Crippen LogP contribution in [0.3, 0.4) is 0 Å². The van der Waals surface area contributed by atoms with E-state index in [4.69, 9.17) is 14.6 Å². The predicted octanol–water partition coefficient (Wildman–Crippen LogP) is 0.801. The Balaban J connectivity index is 2.16. The fraction of sp³-hybridized carbons (Fsp3) is 0.250. The van der Waals surface area contributed by atoms with Crippen LogP contribution in [0.25, 0.3) is 0 Å². The summed E-state index contributed by atoms with van der Waals surface area (Å²) in [5.74, 6) is 0.223. The molecule has 0 atom stereocenters. The van der Waals surface area contributed by atoms with Gasteiger partial charge in [-0.1, -0.05) is 6.07 Å². The summed E-state index contributed by atoms with van der Waals surface area (Å²) in [6.07, 6.45) is 1.53. The van der Waals surface area contributed by atoms with Gasteiger partial charge < -0.3 is 14.6 Å². The zero-order valence-electron chi connectivity index (χ0n) is 10.3. The minimum absolute atomic E-state index is 0.124. The van der Waals surface area contributed by atoms with E-state index < -0.39 is 5.97 Å². The number of benzene rings is 1. The maximum atomic E-state index is 11.0. The maximum absolute atomic E-state index is 11.0. The first-order chi connectivity index (χ1) is 9.19. The second-order valence-corrected chi connectivity index (χ2v) is 3.78. The van der Waals surface area contributed by atoms with Crippen LogP contribution in [0.1, 0.15) is 18.2 Å². The van der Waals surface area contributed by atoms with Crippen molar-refractivity contribution < 1.29 is 19.4 Å². The molecule has 7 heteroatoms.